The van der Waals surface area contributed by atoms with Crippen LogP contribution < -0.4 is 19.9 Å². The van der Waals surface area contributed by atoms with E-state index in [4.69, 9.17) is 15.2 Å². The summed E-state index contributed by atoms with van der Waals surface area (Å²) in [6, 6.07) is 1.09. The number of halogens is 2. The number of alkyl halides is 2. The third-order valence-corrected chi connectivity index (χ3v) is 2.02. The number of ether oxygens (including phenoxy) is 3. The average Bonchev–Trinajstić information content (AvgIpc) is 2.26. The number of nitro benzene ring substituents is 1. The molecule has 100 valence electrons. The van der Waals surface area contributed by atoms with Gasteiger partial charge >= 0.3 is 12.3 Å². The van der Waals surface area contributed by atoms with Gasteiger partial charge in [-0.25, -0.2) is 0 Å². The Morgan fingerprint density at radius 3 is 2.33 bits per heavy atom. The van der Waals surface area contributed by atoms with Gasteiger partial charge in [0.25, 0.3) is 5.75 Å². The Bertz CT molecular complexity index is 467. The number of methoxy groups -OCH3 is 2. The van der Waals surface area contributed by atoms with Gasteiger partial charge in [-0.3, -0.25) is 10.1 Å². The average molecular weight is 264 g/mol. The van der Waals surface area contributed by atoms with E-state index in [1.165, 1.54) is 7.11 Å². The first-order valence-electron chi connectivity index (χ1n) is 4.56. The number of nitrogens with two attached hydrogens (primary N) is 1. The predicted octanol–water partition coefficient (Wildman–Crippen LogP) is 1.80. The standard InChI is InChI=1S/C9H10F2N2O5/c1-16-5-3-4(12)6(13(14)15)8(7(5)17-2)18-9(10)11/h3,9H,12H2,1-2H3. The second kappa shape index (κ2) is 5.34. The third kappa shape index (κ3) is 2.50. The number of rotatable bonds is 5. The number of hydrogen-bond acceptors (Lipinski definition) is 6. The maximum absolute atomic E-state index is 12.3. The summed E-state index contributed by atoms with van der Waals surface area (Å²) in [5.74, 6) is -1.13. The molecule has 0 saturated heterocycles. The van der Waals surface area contributed by atoms with Crippen LogP contribution in [-0.2, 0) is 0 Å². The molecule has 0 bridgehead atoms. The molecule has 0 unspecified atom stereocenters. The first-order valence-corrected chi connectivity index (χ1v) is 4.56. The summed E-state index contributed by atoms with van der Waals surface area (Å²) in [7, 11) is 2.37. The number of nitro groups is 1. The molecule has 0 fully saturated rings. The Kier molecular flexibility index (Phi) is 4.08. The normalized spacial score (nSPS) is 10.3. The second-order valence-electron chi connectivity index (χ2n) is 3.01. The Labute approximate surface area is 100 Å². The Hall–Kier alpha value is -2.32. The molecule has 0 saturated carbocycles. The van der Waals surface area contributed by atoms with Gasteiger partial charge in [0, 0.05) is 6.07 Å². The van der Waals surface area contributed by atoms with Crippen LogP contribution in [0.4, 0.5) is 20.2 Å². The number of anilines is 1. The summed E-state index contributed by atoms with van der Waals surface area (Å²) in [5.41, 5.74) is 4.23. The van der Waals surface area contributed by atoms with Crippen LogP contribution in [0.15, 0.2) is 6.07 Å². The Morgan fingerprint density at radius 2 is 1.94 bits per heavy atom. The van der Waals surface area contributed by atoms with Crippen molar-refractivity contribution >= 4 is 11.4 Å². The molecule has 0 radical (unpaired) electrons. The van der Waals surface area contributed by atoms with Crippen LogP contribution in [0.25, 0.3) is 0 Å². The van der Waals surface area contributed by atoms with Crippen molar-refractivity contribution in [2.45, 2.75) is 6.61 Å². The molecule has 18 heavy (non-hydrogen) atoms. The highest BCUT2D eigenvalue weighted by molar-refractivity contribution is 5.75. The summed E-state index contributed by atoms with van der Waals surface area (Å²) >= 11 is 0. The first kappa shape index (κ1) is 13.7. The van der Waals surface area contributed by atoms with Crippen LogP contribution in [0.3, 0.4) is 0 Å². The second-order valence-corrected chi connectivity index (χ2v) is 3.01. The lowest BCUT2D eigenvalue weighted by Gasteiger charge is -2.14. The minimum atomic E-state index is -3.26. The minimum Gasteiger partial charge on any atom is -0.493 e. The maximum Gasteiger partial charge on any atom is 0.387 e. The van der Waals surface area contributed by atoms with E-state index in [2.05, 4.69) is 4.74 Å². The lowest BCUT2D eigenvalue weighted by atomic mass is 10.2. The zero-order valence-electron chi connectivity index (χ0n) is 9.48. The van der Waals surface area contributed by atoms with Gasteiger partial charge in [0.15, 0.2) is 5.75 Å². The third-order valence-electron chi connectivity index (χ3n) is 2.02. The molecule has 0 aliphatic heterocycles. The molecule has 0 spiro atoms. The van der Waals surface area contributed by atoms with Gasteiger partial charge in [0.2, 0.25) is 5.75 Å². The lowest BCUT2D eigenvalue weighted by Crippen LogP contribution is -2.08. The maximum atomic E-state index is 12.3. The summed E-state index contributed by atoms with van der Waals surface area (Å²) in [5, 5.41) is 10.8. The van der Waals surface area contributed by atoms with Crippen molar-refractivity contribution in [2.24, 2.45) is 0 Å². The highest BCUT2D eigenvalue weighted by Crippen LogP contribution is 2.48. The molecule has 0 aliphatic carbocycles. The van der Waals surface area contributed by atoms with Gasteiger partial charge in [-0.05, 0) is 0 Å². The van der Waals surface area contributed by atoms with Crippen molar-refractivity contribution in [3.8, 4) is 17.2 Å². The molecule has 9 heteroatoms. The highest BCUT2D eigenvalue weighted by atomic mass is 19.3. The summed E-state index contributed by atoms with van der Waals surface area (Å²) in [6.45, 7) is -3.26. The van der Waals surface area contributed by atoms with Gasteiger partial charge in [-0.2, -0.15) is 8.78 Å². The van der Waals surface area contributed by atoms with Crippen molar-refractivity contribution in [3.05, 3.63) is 16.2 Å². The molecule has 0 aromatic heterocycles. The highest BCUT2D eigenvalue weighted by Gasteiger charge is 2.30. The van der Waals surface area contributed by atoms with Crippen LogP contribution in [0, 0.1) is 10.1 Å². The van der Waals surface area contributed by atoms with Crippen LogP contribution >= 0.6 is 0 Å². The minimum absolute atomic E-state index is 0.0451. The molecule has 0 heterocycles. The van der Waals surface area contributed by atoms with Crippen LogP contribution in [0.2, 0.25) is 0 Å². The quantitative estimate of drug-likeness (QED) is 0.494. The Balaban J connectivity index is 3.55. The van der Waals surface area contributed by atoms with E-state index in [9.17, 15) is 18.9 Å². The summed E-state index contributed by atoms with van der Waals surface area (Å²) in [4.78, 5) is 9.86. The molecule has 1 rings (SSSR count). The van der Waals surface area contributed by atoms with Crippen LogP contribution in [0.5, 0.6) is 17.2 Å². The smallest absolute Gasteiger partial charge is 0.387 e. The summed E-state index contributed by atoms with van der Waals surface area (Å²) in [6.07, 6.45) is 0. The molecule has 1 aromatic carbocycles. The molecular formula is C9H10F2N2O5. The largest absolute Gasteiger partial charge is 0.493 e. The fourth-order valence-electron chi connectivity index (χ4n) is 1.36. The lowest BCUT2D eigenvalue weighted by molar-refractivity contribution is -0.385. The van der Waals surface area contributed by atoms with Gasteiger partial charge in [0.05, 0.1) is 19.1 Å². The van der Waals surface area contributed by atoms with Crippen molar-refractivity contribution in [3.63, 3.8) is 0 Å². The molecule has 0 amide bonds. The SMILES string of the molecule is COc1cc(N)c([N+](=O)[O-])c(OC(F)F)c1OC. The first-order chi connectivity index (χ1) is 8.42. The fourth-order valence-corrected chi connectivity index (χ4v) is 1.36. The van der Waals surface area contributed by atoms with E-state index in [0.29, 0.717) is 0 Å². The van der Waals surface area contributed by atoms with Crippen LogP contribution in [0.1, 0.15) is 0 Å². The zero-order chi connectivity index (χ0) is 13.9. The van der Waals surface area contributed by atoms with E-state index in [0.717, 1.165) is 13.2 Å². The van der Waals surface area contributed by atoms with Gasteiger partial charge < -0.3 is 19.9 Å². The van der Waals surface area contributed by atoms with Crippen molar-refractivity contribution < 1.29 is 27.9 Å². The van der Waals surface area contributed by atoms with E-state index < -0.39 is 23.0 Å². The predicted molar refractivity (Wildman–Crippen MR) is 57.2 cm³/mol. The number of nitrogen functional groups attached to an aromatic ring is 1. The van der Waals surface area contributed by atoms with E-state index >= 15 is 0 Å². The number of hydrogen-bond donors (Lipinski definition) is 1. The van der Waals surface area contributed by atoms with E-state index in [1.54, 1.807) is 0 Å². The molecule has 0 atom stereocenters. The molecule has 0 aliphatic rings. The number of benzene rings is 1. The van der Waals surface area contributed by atoms with E-state index in [-0.39, 0.29) is 17.2 Å². The molecular weight excluding hydrogens is 254 g/mol. The van der Waals surface area contributed by atoms with Crippen LogP contribution in [-0.4, -0.2) is 25.8 Å². The van der Waals surface area contributed by atoms with Crippen molar-refractivity contribution in [2.75, 3.05) is 20.0 Å². The van der Waals surface area contributed by atoms with Crippen molar-refractivity contribution in [1.82, 2.24) is 0 Å². The van der Waals surface area contributed by atoms with Crippen molar-refractivity contribution in [1.29, 1.82) is 0 Å². The zero-order valence-corrected chi connectivity index (χ0v) is 9.48. The summed E-state index contributed by atoms with van der Waals surface area (Å²) < 4.78 is 38.2. The van der Waals surface area contributed by atoms with Gasteiger partial charge in [-0.15, -0.1) is 0 Å². The molecule has 2 N–H and O–H groups in total. The topological polar surface area (TPSA) is 96.9 Å². The fraction of sp³-hybridized carbons (Fsp3) is 0.333. The van der Waals surface area contributed by atoms with Gasteiger partial charge in [-0.1, -0.05) is 0 Å². The van der Waals surface area contributed by atoms with Gasteiger partial charge in [0.1, 0.15) is 5.69 Å². The monoisotopic (exact) mass is 264 g/mol. The molecule has 1 aromatic rings. The number of nitrogens with zero attached hydrogens (tertiary/aromatic N) is 1. The van der Waals surface area contributed by atoms with E-state index in [1.807, 2.05) is 0 Å². The Morgan fingerprint density at radius 1 is 1.33 bits per heavy atom. The molecule has 7 nitrogen and oxygen atoms in total.